The maximum Gasteiger partial charge on any atom is 0.305 e. The van der Waals surface area contributed by atoms with Crippen molar-refractivity contribution in [3.8, 4) is 0 Å². The van der Waals surface area contributed by atoms with E-state index in [0.717, 1.165) is 6.42 Å². The molecular weight excluding hydrogens is 230 g/mol. The molecule has 0 aromatic heterocycles. The smallest absolute Gasteiger partial charge is 0.305 e. The summed E-state index contributed by atoms with van der Waals surface area (Å²) < 4.78 is 0. The molecule has 1 N–H and O–H groups in total. The Bertz CT molecular complexity index is 281. The summed E-state index contributed by atoms with van der Waals surface area (Å²) in [6.07, 6.45) is 1.52. The van der Waals surface area contributed by atoms with Crippen LogP contribution >= 0.6 is 0 Å². The van der Waals surface area contributed by atoms with E-state index in [0.29, 0.717) is 25.4 Å². The first-order chi connectivity index (χ1) is 8.15. The van der Waals surface area contributed by atoms with E-state index < -0.39 is 5.97 Å². The first-order valence-electron chi connectivity index (χ1n) is 6.65. The number of carbonyl (C=O) groups excluding carboxylic acids is 1. The average Bonchev–Trinajstić information content (AvgIpc) is 2.14. The Morgan fingerprint density at radius 1 is 1.28 bits per heavy atom. The molecule has 4 nitrogen and oxygen atoms in total. The van der Waals surface area contributed by atoms with Gasteiger partial charge in [0.2, 0.25) is 5.91 Å². The van der Waals surface area contributed by atoms with E-state index in [9.17, 15) is 9.59 Å². The molecule has 18 heavy (non-hydrogen) atoms. The number of amides is 1. The van der Waals surface area contributed by atoms with Gasteiger partial charge in [0.15, 0.2) is 0 Å². The lowest BCUT2D eigenvalue weighted by atomic mass is 9.84. The number of carboxylic acid groups (broad SMARTS) is 1. The van der Waals surface area contributed by atoms with Gasteiger partial charge >= 0.3 is 5.97 Å². The predicted octanol–water partition coefficient (Wildman–Crippen LogP) is 2.77. The van der Waals surface area contributed by atoms with Crippen molar-refractivity contribution in [2.24, 2.45) is 11.3 Å². The fraction of sp³-hybridized carbons (Fsp3) is 0.857. The molecule has 0 saturated heterocycles. The van der Waals surface area contributed by atoms with Crippen LogP contribution in [0.4, 0.5) is 0 Å². The SMILES string of the molecule is CCN(CCC(=O)O)C(=O)CC(C)CC(C)(C)C. The predicted molar refractivity (Wildman–Crippen MR) is 72.4 cm³/mol. The highest BCUT2D eigenvalue weighted by molar-refractivity contribution is 5.77. The van der Waals surface area contributed by atoms with Crippen LogP contribution in [-0.4, -0.2) is 35.0 Å². The molecule has 1 unspecified atom stereocenters. The fourth-order valence-electron chi connectivity index (χ4n) is 2.23. The van der Waals surface area contributed by atoms with Crippen molar-refractivity contribution in [1.29, 1.82) is 0 Å². The molecule has 0 aromatic rings. The first-order valence-corrected chi connectivity index (χ1v) is 6.65. The van der Waals surface area contributed by atoms with Gasteiger partial charge in [0, 0.05) is 19.5 Å². The number of hydrogen-bond donors (Lipinski definition) is 1. The second-order valence-electron chi connectivity index (χ2n) is 6.19. The van der Waals surface area contributed by atoms with Crippen LogP contribution in [0.2, 0.25) is 0 Å². The zero-order chi connectivity index (χ0) is 14.3. The summed E-state index contributed by atoms with van der Waals surface area (Å²) in [6, 6.07) is 0. The maximum atomic E-state index is 12.0. The first kappa shape index (κ1) is 16.9. The Kier molecular flexibility index (Phi) is 6.96. The topological polar surface area (TPSA) is 57.6 Å². The minimum absolute atomic E-state index is 0.0211. The van der Waals surface area contributed by atoms with Crippen molar-refractivity contribution in [3.63, 3.8) is 0 Å². The van der Waals surface area contributed by atoms with Crippen molar-refractivity contribution in [1.82, 2.24) is 4.90 Å². The van der Waals surface area contributed by atoms with Crippen molar-refractivity contribution < 1.29 is 14.7 Å². The van der Waals surface area contributed by atoms with Gasteiger partial charge in [0.05, 0.1) is 6.42 Å². The molecule has 0 spiro atoms. The molecule has 0 saturated carbocycles. The number of carboxylic acids is 1. The Labute approximate surface area is 110 Å². The lowest BCUT2D eigenvalue weighted by Gasteiger charge is -2.26. The zero-order valence-electron chi connectivity index (χ0n) is 12.3. The zero-order valence-corrected chi connectivity index (χ0v) is 12.3. The summed E-state index contributed by atoms with van der Waals surface area (Å²) >= 11 is 0. The Hall–Kier alpha value is -1.06. The maximum absolute atomic E-state index is 12.0. The summed E-state index contributed by atoms with van der Waals surface area (Å²) in [4.78, 5) is 24.2. The van der Waals surface area contributed by atoms with Crippen molar-refractivity contribution in [2.45, 2.75) is 53.9 Å². The number of hydrogen-bond acceptors (Lipinski definition) is 2. The van der Waals surface area contributed by atoms with Gasteiger partial charge in [-0.3, -0.25) is 9.59 Å². The molecule has 0 heterocycles. The van der Waals surface area contributed by atoms with E-state index >= 15 is 0 Å². The normalized spacial score (nSPS) is 13.2. The highest BCUT2D eigenvalue weighted by Gasteiger charge is 2.20. The average molecular weight is 257 g/mol. The lowest BCUT2D eigenvalue weighted by Crippen LogP contribution is -2.34. The number of nitrogens with zero attached hydrogens (tertiary/aromatic N) is 1. The lowest BCUT2D eigenvalue weighted by molar-refractivity contribution is -0.138. The van der Waals surface area contributed by atoms with Gasteiger partial charge in [-0.1, -0.05) is 27.7 Å². The molecule has 106 valence electrons. The van der Waals surface area contributed by atoms with Crippen LogP contribution in [0.5, 0.6) is 0 Å². The third-order valence-electron chi connectivity index (χ3n) is 2.81. The van der Waals surface area contributed by atoms with E-state index in [-0.39, 0.29) is 17.7 Å². The minimum Gasteiger partial charge on any atom is -0.481 e. The standard InChI is InChI=1S/C14H27NO3/c1-6-15(8-7-13(17)18)12(16)9-11(2)10-14(3,4)5/h11H,6-10H2,1-5H3,(H,17,18). The fourth-order valence-corrected chi connectivity index (χ4v) is 2.23. The van der Waals surface area contributed by atoms with E-state index in [1.165, 1.54) is 0 Å². The van der Waals surface area contributed by atoms with E-state index in [1.807, 2.05) is 6.92 Å². The van der Waals surface area contributed by atoms with E-state index in [4.69, 9.17) is 5.11 Å². The van der Waals surface area contributed by atoms with Gasteiger partial charge in [-0.25, -0.2) is 0 Å². The van der Waals surface area contributed by atoms with Crippen LogP contribution in [0.25, 0.3) is 0 Å². The third kappa shape index (κ3) is 8.09. The molecule has 4 heteroatoms. The van der Waals surface area contributed by atoms with Crippen molar-refractivity contribution in [3.05, 3.63) is 0 Å². The second-order valence-corrected chi connectivity index (χ2v) is 6.19. The molecule has 0 bridgehead atoms. The van der Waals surface area contributed by atoms with Crippen molar-refractivity contribution in [2.75, 3.05) is 13.1 Å². The molecule has 0 rings (SSSR count). The van der Waals surface area contributed by atoms with Crippen LogP contribution in [0, 0.1) is 11.3 Å². The molecule has 0 aliphatic carbocycles. The van der Waals surface area contributed by atoms with Crippen molar-refractivity contribution >= 4 is 11.9 Å². The number of carbonyl (C=O) groups is 2. The van der Waals surface area contributed by atoms with Crippen LogP contribution in [-0.2, 0) is 9.59 Å². The molecule has 1 amide bonds. The van der Waals surface area contributed by atoms with Gasteiger partial charge in [-0.15, -0.1) is 0 Å². The summed E-state index contributed by atoms with van der Waals surface area (Å²) in [7, 11) is 0. The molecule has 0 radical (unpaired) electrons. The molecule has 0 aliphatic rings. The largest absolute Gasteiger partial charge is 0.481 e. The molecular formula is C14H27NO3. The summed E-state index contributed by atoms with van der Waals surface area (Å²) in [5, 5.41) is 8.64. The molecule has 1 atom stereocenters. The van der Waals surface area contributed by atoms with Gasteiger partial charge in [-0.05, 0) is 24.7 Å². The van der Waals surface area contributed by atoms with Gasteiger partial charge in [0.25, 0.3) is 0 Å². The van der Waals surface area contributed by atoms with Crippen LogP contribution in [0.15, 0.2) is 0 Å². The van der Waals surface area contributed by atoms with E-state index in [1.54, 1.807) is 4.90 Å². The quantitative estimate of drug-likeness (QED) is 0.763. The van der Waals surface area contributed by atoms with Crippen LogP contribution < -0.4 is 0 Å². The van der Waals surface area contributed by atoms with Gasteiger partial charge in [0.1, 0.15) is 0 Å². The number of rotatable bonds is 7. The summed E-state index contributed by atoms with van der Waals surface area (Å²) in [5.74, 6) is -0.462. The second kappa shape index (κ2) is 7.39. The minimum atomic E-state index is -0.857. The molecule has 0 aliphatic heterocycles. The monoisotopic (exact) mass is 257 g/mol. The van der Waals surface area contributed by atoms with Crippen LogP contribution in [0.3, 0.4) is 0 Å². The summed E-state index contributed by atoms with van der Waals surface area (Å²) in [5.41, 5.74) is 0.220. The summed E-state index contributed by atoms with van der Waals surface area (Å²) in [6.45, 7) is 11.3. The third-order valence-corrected chi connectivity index (χ3v) is 2.81. The molecule has 0 fully saturated rings. The Balaban J connectivity index is 4.22. The molecule has 0 aromatic carbocycles. The highest BCUT2D eigenvalue weighted by Crippen LogP contribution is 2.26. The Morgan fingerprint density at radius 2 is 1.83 bits per heavy atom. The van der Waals surface area contributed by atoms with Gasteiger partial charge in [-0.2, -0.15) is 0 Å². The number of aliphatic carboxylic acids is 1. The van der Waals surface area contributed by atoms with Gasteiger partial charge < -0.3 is 10.0 Å². The highest BCUT2D eigenvalue weighted by atomic mass is 16.4. The van der Waals surface area contributed by atoms with E-state index in [2.05, 4.69) is 27.7 Å². The van der Waals surface area contributed by atoms with Crippen LogP contribution in [0.1, 0.15) is 53.9 Å². The Morgan fingerprint density at radius 3 is 2.22 bits per heavy atom.